The quantitative estimate of drug-likeness (QED) is 0.868. The molecule has 2 amide bonds. The Morgan fingerprint density at radius 3 is 2.78 bits per heavy atom. The highest BCUT2D eigenvalue weighted by Crippen LogP contribution is 2.37. The van der Waals surface area contributed by atoms with Crippen molar-refractivity contribution in [3.05, 3.63) is 37.4 Å². The maximum absolute atomic E-state index is 12.3. The van der Waals surface area contributed by atoms with Crippen LogP contribution in [-0.2, 0) is 13.0 Å². The average molecular weight is 370 g/mol. The summed E-state index contributed by atoms with van der Waals surface area (Å²) in [5.41, 5.74) is 6.99. The van der Waals surface area contributed by atoms with E-state index in [-0.39, 0.29) is 5.91 Å². The number of hydrogen-bond donors (Lipinski definition) is 2. The van der Waals surface area contributed by atoms with E-state index in [2.05, 4.69) is 17.1 Å². The maximum atomic E-state index is 12.3. The number of rotatable bonds is 4. The van der Waals surface area contributed by atoms with Crippen LogP contribution in [0.25, 0.3) is 0 Å². The van der Waals surface area contributed by atoms with E-state index in [0.29, 0.717) is 19.8 Å². The first-order chi connectivity index (χ1) is 11.0. The van der Waals surface area contributed by atoms with Gasteiger partial charge in [-0.1, -0.05) is 18.5 Å². The van der Waals surface area contributed by atoms with Gasteiger partial charge in [-0.3, -0.25) is 14.5 Å². The van der Waals surface area contributed by atoms with Gasteiger partial charge >= 0.3 is 0 Å². The Kier molecular flexibility index (Phi) is 4.72. The number of primary amides is 1. The molecule has 1 aliphatic rings. The van der Waals surface area contributed by atoms with Crippen LogP contribution in [0, 0.1) is 0 Å². The number of thiophene rings is 2. The van der Waals surface area contributed by atoms with Crippen LogP contribution in [0.4, 0.5) is 5.00 Å². The maximum Gasteiger partial charge on any atom is 0.266 e. The first-order valence-corrected chi connectivity index (χ1v) is 9.24. The third-order valence-electron chi connectivity index (χ3n) is 3.85. The normalized spacial score (nSPS) is 14.5. The number of anilines is 1. The molecule has 0 fully saturated rings. The third-order valence-corrected chi connectivity index (χ3v) is 6.22. The molecule has 5 nitrogen and oxygen atoms in total. The number of amides is 2. The fraction of sp³-hybridized carbons (Fsp3) is 0.333. The summed E-state index contributed by atoms with van der Waals surface area (Å²) in [6.07, 6.45) is 0.776. The van der Waals surface area contributed by atoms with Crippen LogP contribution in [0.5, 0.6) is 0 Å². The molecule has 0 spiro atoms. The first-order valence-electron chi connectivity index (χ1n) is 7.23. The van der Waals surface area contributed by atoms with E-state index in [9.17, 15) is 9.59 Å². The summed E-state index contributed by atoms with van der Waals surface area (Å²) in [6.45, 7) is 4.75. The van der Waals surface area contributed by atoms with E-state index in [0.717, 1.165) is 36.5 Å². The van der Waals surface area contributed by atoms with Gasteiger partial charge < -0.3 is 11.1 Å². The second kappa shape index (κ2) is 6.60. The Labute approximate surface area is 147 Å². The van der Waals surface area contributed by atoms with Gasteiger partial charge in [0.2, 0.25) is 0 Å². The smallest absolute Gasteiger partial charge is 0.266 e. The SMILES string of the molecule is CCN1CCc2c(sc(NC(=O)c3ccc(Cl)s3)c2C(N)=O)C1. The van der Waals surface area contributed by atoms with Crippen LogP contribution in [0.1, 0.15) is 37.4 Å². The molecule has 1 aliphatic heterocycles. The van der Waals surface area contributed by atoms with Crippen molar-refractivity contribution in [1.82, 2.24) is 4.90 Å². The molecule has 3 heterocycles. The molecule has 0 bridgehead atoms. The van der Waals surface area contributed by atoms with Crippen LogP contribution in [-0.4, -0.2) is 29.8 Å². The molecule has 0 aromatic carbocycles. The summed E-state index contributed by atoms with van der Waals surface area (Å²) in [4.78, 5) is 28.1. The number of halogens is 1. The molecule has 23 heavy (non-hydrogen) atoms. The lowest BCUT2D eigenvalue weighted by Crippen LogP contribution is -2.30. The zero-order chi connectivity index (χ0) is 16.6. The molecule has 0 saturated heterocycles. The van der Waals surface area contributed by atoms with E-state index >= 15 is 0 Å². The summed E-state index contributed by atoms with van der Waals surface area (Å²) in [7, 11) is 0. The van der Waals surface area contributed by atoms with Crippen molar-refractivity contribution < 1.29 is 9.59 Å². The van der Waals surface area contributed by atoms with Gasteiger partial charge in [0.1, 0.15) is 5.00 Å². The van der Waals surface area contributed by atoms with Crippen LogP contribution >= 0.6 is 34.3 Å². The number of hydrogen-bond acceptors (Lipinski definition) is 5. The summed E-state index contributed by atoms with van der Waals surface area (Å²) in [5, 5.41) is 3.36. The average Bonchev–Trinajstić information content (AvgIpc) is 3.09. The zero-order valence-electron chi connectivity index (χ0n) is 12.5. The van der Waals surface area contributed by atoms with Crippen molar-refractivity contribution in [2.24, 2.45) is 5.73 Å². The largest absolute Gasteiger partial charge is 0.365 e. The molecular weight excluding hydrogens is 354 g/mol. The fourth-order valence-electron chi connectivity index (χ4n) is 2.68. The fourth-order valence-corrected chi connectivity index (χ4v) is 4.90. The number of nitrogens with zero attached hydrogens (tertiary/aromatic N) is 1. The van der Waals surface area contributed by atoms with Crippen LogP contribution < -0.4 is 11.1 Å². The zero-order valence-corrected chi connectivity index (χ0v) is 14.9. The summed E-state index contributed by atoms with van der Waals surface area (Å²) < 4.78 is 0.550. The van der Waals surface area contributed by atoms with Gasteiger partial charge in [-0.05, 0) is 30.7 Å². The van der Waals surface area contributed by atoms with Gasteiger partial charge in [0.05, 0.1) is 14.8 Å². The van der Waals surface area contributed by atoms with Crippen molar-refractivity contribution in [3.8, 4) is 0 Å². The predicted molar refractivity (Wildman–Crippen MR) is 94.8 cm³/mol. The van der Waals surface area contributed by atoms with Gasteiger partial charge in [-0.15, -0.1) is 22.7 Å². The molecule has 122 valence electrons. The summed E-state index contributed by atoms with van der Waals surface area (Å²) >= 11 is 8.50. The van der Waals surface area contributed by atoms with E-state index in [1.54, 1.807) is 12.1 Å². The molecule has 0 saturated carbocycles. The molecule has 0 aliphatic carbocycles. The minimum Gasteiger partial charge on any atom is -0.365 e. The topological polar surface area (TPSA) is 75.4 Å². The lowest BCUT2D eigenvalue weighted by molar-refractivity contribution is 0.1000. The van der Waals surface area contributed by atoms with Crippen molar-refractivity contribution in [1.29, 1.82) is 0 Å². The minimum atomic E-state index is -0.494. The minimum absolute atomic E-state index is 0.268. The highest BCUT2D eigenvalue weighted by atomic mass is 35.5. The molecule has 2 aromatic rings. The molecule has 3 rings (SSSR count). The Morgan fingerprint density at radius 1 is 1.39 bits per heavy atom. The molecular formula is C15H16ClN3O2S2. The van der Waals surface area contributed by atoms with Crippen molar-refractivity contribution in [2.75, 3.05) is 18.4 Å². The van der Waals surface area contributed by atoms with E-state index in [1.165, 1.54) is 22.7 Å². The van der Waals surface area contributed by atoms with Crippen LogP contribution in [0.2, 0.25) is 4.34 Å². The van der Waals surface area contributed by atoms with Gasteiger partial charge in [-0.25, -0.2) is 0 Å². The monoisotopic (exact) mass is 369 g/mol. The number of likely N-dealkylation sites (N-methyl/N-ethyl adjacent to an activating group) is 1. The third kappa shape index (κ3) is 3.28. The molecule has 2 aromatic heterocycles. The van der Waals surface area contributed by atoms with Gasteiger partial charge in [-0.2, -0.15) is 0 Å². The number of carbonyl (C=O) groups is 2. The Hall–Kier alpha value is -1.41. The molecule has 0 radical (unpaired) electrons. The van der Waals surface area contributed by atoms with Crippen LogP contribution in [0.3, 0.4) is 0 Å². The lowest BCUT2D eigenvalue weighted by atomic mass is 10.0. The Balaban J connectivity index is 1.91. The molecule has 8 heteroatoms. The summed E-state index contributed by atoms with van der Waals surface area (Å²) in [5.74, 6) is -0.762. The van der Waals surface area contributed by atoms with E-state index < -0.39 is 5.91 Å². The number of nitrogens with one attached hydrogen (secondary N) is 1. The Bertz CT molecular complexity index is 769. The van der Waals surface area contributed by atoms with Crippen LogP contribution in [0.15, 0.2) is 12.1 Å². The number of fused-ring (bicyclic) bond motifs is 1. The Morgan fingerprint density at radius 2 is 2.17 bits per heavy atom. The second-order valence-corrected chi connectivity index (χ2v) is 8.07. The second-order valence-electron chi connectivity index (χ2n) is 5.25. The standard InChI is InChI=1S/C15H16ClN3O2S2/c1-2-19-6-5-8-10(7-19)23-15(12(8)13(17)20)18-14(21)9-3-4-11(16)22-9/h3-4H,2,5-7H2,1H3,(H2,17,20)(H,18,21). The van der Waals surface area contributed by atoms with Crippen molar-refractivity contribution in [3.63, 3.8) is 0 Å². The molecule has 0 unspecified atom stereocenters. The van der Waals surface area contributed by atoms with Gasteiger partial charge in [0.25, 0.3) is 11.8 Å². The summed E-state index contributed by atoms with van der Waals surface area (Å²) in [6, 6.07) is 3.34. The van der Waals surface area contributed by atoms with Crippen molar-refractivity contribution >= 4 is 51.1 Å². The predicted octanol–water partition coefficient (Wildman–Crippen LogP) is 3.19. The van der Waals surface area contributed by atoms with Crippen molar-refractivity contribution in [2.45, 2.75) is 19.9 Å². The number of carbonyl (C=O) groups excluding carboxylic acids is 2. The molecule has 0 atom stereocenters. The van der Waals surface area contributed by atoms with Gasteiger partial charge in [0, 0.05) is 18.0 Å². The highest BCUT2D eigenvalue weighted by Gasteiger charge is 2.27. The highest BCUT2D eigenvalue weighted by molar-refractivity contribution is 7.18. The lowest BCUT2D eigenvalue weighted by Gasteiger charge is -2.25. The molecule has 3 N–H and O–H groups in total. The van der Waals surface area contributed by atoms with E-state index in [1.807, 2.05) is 0 Å². The van der Waals surface area contributed by atoms with E-state index in [4.69, 9.17) is 17.3 Å². The number of nitrogens with two attached hydrogens (primary N) is 1. The first kappa shape index (κ1) is 16.4. The van der Waals surface area contributed by atoms with Gasteiger partial charge in [0.15, 0.2) is 0 Å².